The van der Waals surface area contributed by atoms with Crippen molar-refractivity contribution in [2.24, 2.45) is 0 Å². The predicted molar refractivity (Wildman–Crippen MR) is 75.6 cm³/mol. The molecule has 18 heavy (non-hydrogen) atoms. The minimum atomic E-state index is 0.0766. The molecule has 0 saturated heterocycles. The summed E-state index contributed by atoms with van der Waals surface area (Å²) < 4.78 is 0. The average Bonchev–Trinajstić information content (AvgIpc) is 2.28. The largest absolute Gasteiger partial charge is 0.350 e. The highest BCUT2D eigenvalue weighted by atomic mass is 16.1. The number of nitrogens with one attached hydrogen (secondary N) is 2. The van der Waals surface area contributed by atoms with Crippen LogP contribution in [0.4, 0.5) is 0 Å². The molecular weight excluding hydrogens is 224 g/mol. The lowest BCUT2D eigenvalue weighted by molar-refractivity contribution is -0.121. The second-order valence-corrected chi connectivity index (χ2v) is 4.86. The van der Waals surface area contributed by atoms with Crippen LogP contribution in [0, 0.1) is 13.8 Å². The van der Waals surface area contributed by atoms with Crippen LogP contribution in [-0.4, -0.2) is 19.5 Å². The first-order chi connectivity index (χ1) is 8.54. The van der Waals surface area contributed by atoms with E-state index in [0.717, 1.165) is 13.0 Å². The maximum Gasteiger partial charge on any atom is 0.220 e. The van der Waals surface area contributed by atoms with E-state index in [9.17, 15) is 4.79 Å². The lowest BCUT2D eigenvalue weighted by Gasteiger charge is -2.17. The van der Waals surface area contributed by atoms with Gasteiger partial charge in [-0.2, -0.15) is 0 Å². The molecular formula is C15H24N2O. The summed E-state index contributed by atoms with van der Waals surface area (Å²) in [6, 6.07) is 6.42. The highest BCUT2D eigenvalue weighted by molar-refractivity contribution is 5.76. The van der Waals surface area contributed by atoms with E-state index in [1.165, 1.54) is 16.7 Å². The van der Waals surface area contributed by atoms with Crippen LogP contribution in [0.15, 0.2) is 18.2 Å². The predicted octanol–water partition coefficient (Wildman–Crippen LogP) is 2.48. The Hall–Kier alpha value is -1.35. The standard InChI is InChI=1S/C15H24N2O/c1-11-7-8-14(12(2)10-11)13(3)17-15(18)6-5-9-16-4/h7-8,10,13,16H,5-6,9H2,1-4H3,(H,17,18). The Kier molecular flexibility index (Phi) is 5.86. The van der Waals surface area contributed by atoms with Crippen molar-refractivity contribution in [3.05, 3.63) is 34.9 Å². The molecule has 0 aliphatic carbocycles. The maximum atomic E-state index is 11.7. The number of amides is 1. The van der Waals surface area contributed by atoms with Gasteiger partial charge in [-0.3, -0.25) is 4.79 Å². The van der Waals surface area contributed by atoms with Crippen molar-refractivity contribution in [2.75, 3.05) is 13.6 Å². The Bertz CT molecular complexity index is 401. The van der Waals surface area contributed by atoms with Gasteiger partial charge in [-0.1, -0.05) is 23.8 Å². The van der Waals surface area contributed by atoms with Crippen LogP contribution >= 0.6 is 0 Å². The summed E-state index contributed by atoms with van der Waals surface area (Å²) in [6.07, 6.45) is 1.46. The van der Waals surface area contributed by atoms with Gasteiger partial charge in [0.2, 0.25) is 5.91 Å². The fourth-order valence-corrected chi connectivity index (χ4v) is 2.13. The number of aryl methyl sites for hydroxylation is 2. The number of carbonyl (C=O) groups excluding carboxylic acids is 1. The van der Waals surface area contributed by atoms with E-state index in [2.05, 4.69) is 42.7 Å². The van der Waals surface area contributed by atoms with Gasteiger partial charge >= 0.3 is 0 Å². The van der Waals surface area contributed by atoms with E-state index < -0.39 is 0 Å². The summed E-state index contributed by atoms with van der Waals surface area (Å²) in [5, 5.41) is 6.09. The Labute approximate surface area is 110 Å². The molecule has 1 rings (SSSR count). The van der Waals surface area contributed by atoms with Crippen molar-refractivity contribution in [2.45, 2.75) is 39.7 Å². The smallest absolute Gasteiger partial charge is 0.220 e. The number of rotatable bonds is 6. The van der Waals surface area contributed by atoms with Crippen molar-refractivity contribution in [3.8, 4) is 0 Å². The Balaban J connectivity index is 2.54. The van der Waals surface area contributed by atoms with Crippen molar-refractivity contribution < 1.29 is 4.79 Å². The van der Waals surface area contributed by atoms with Gasteiger partial charge in [0.05, 0.1) is 6.04 Å². The fraction of sp³-hybridized carbons (Fsp3) is 0.533. The van der Waals surface area contributed by atoms with Crippen LogP contribution in [0.5, 0.6) is 0 Å². The molecule has 3 heteroatoms. The van der Waals surface area contributed by atoms with E-state index in [1.54, 1.807) is 0 Å². The van der Waals surface area contributed by atoms with Gasteiger partial charge in [-0.05, 0) is 51.9 Å². The second kappa shape index (κ2) is 7.17. The molecule has 0 aliphatic rings. The molecule has 0 heterocycles. The van der Waals surface area contributed by atoms with Crippen LogP contribution in [0.1, 0.15) is 42.5 Å². The van der Waals surface area contributed by atoms with Gasteiger partial charge in [0.1, 0.15) is 0 Å². The summed E-state index contributed by atoms with van der Waals surface area (Å²) in [7, 11) is 1.90. The quantitative estimate of drug-likeness (QED) is 0.759. The van der Waals surface area contributed by atoms with Gasteiger partial charge in [-0.25, -0.2) is 0 Å². The SMILES string of the molecule is CNCCCC(=O)NC(C)c1ccc(C)cc1C. The van der Waals surface area contributed by atoms with Crippen LogP contribution in [0.2, 0.25) is 0 Å². The van der Waals surface area contributed by atoms with Crippen LogP contribution in [-0.2, 0) is 4.79 Å². The average molecular weight is 248 g/mol. The van der Waals surface area contributed by atoms with Crippen LogP contribution in [0.3, 0.4) is 0 Å². The molecule has 1 unspecified atom stereocenters. The molecule has 0 aromatic heterocycles. The first-order valence-electron chi connectivity index (χ1n) is 6.55. The van der Waals surface area contributed by atoms with Gasteiger partial charge in [0.15, 0.2) is 0 Å². The first-order valence-corrected chi connectivity index (χ1v) is 6.55. The van der Waals surface area contributed by atoms with E-state index in [1.807, 2.05) is 14.0 Å². The molecule has 0 aliphatic heterocycles. The summed E-state index contributed by atoms with van der Waals surface area (Å²) in [4.78, 5) is 11.7. The molecule has 100 valence electrons. The van der Waals surface area contributed by atoms with Gasteiger partial charge < -0.3 is 10.6 Å². The summed E-state index contributed by atoms with van der Waals surface area (Å²) in [6.45, 7) is 7.09. The van der Waals surface area contributed by atoms with E-state index in [4.69, 9.17) is 0 Å². The third kappa shape index (κ3) is 4.49. The number of carbonyl (C=O) groups is 1. The number of hydrogen-bond acceptors (Lipinski definition) is 2. The molecule has 0 spiro atoms. The minimum Gasteiger partial charge on any atom is -0.350 e. The maximum absolute atomic E-state index is 11.7. The minimum absolute atomic E-state index is 0.0766. The molecule has 1 aromatic carbocycles. The lowest BCUT2D eigenvalue weighted by Crippen LogP contribution is -2.27. The van der Waals surface area contributed by atoms with Crippen molar-refractivity contribution >= 4 is 5.91 Å². The monoisotopic (exact) mass is 248 g/mol. The molecule has 0 saturated carbocycles. The number of hydrogen-bond donors (Lipinski definition) is 2. The lowest BCUT2D eigenvalue weighted by atomic mass is 10.0. The van der Waals surface area contributed by atoms with Gasteiger partial charge in [0, 0.05) is 6.42 Å². The van der Waals surface area contributed by atoms with E-state index in [0.29, 0.717) is 6.42 Å². The molecule has 0 radical (unpaired) electrons. The molecule has 1 atom stereocenters. The van der Waals surface area contributed by atoms with Crippen molar-refractivity contribution in [1.82, 2.24) is 10.6 Å². The molecule has 0 bridgehead atoms. The molecule has 1 aromatic rings. The Morgan fingerprint density at radius 1 is 1.33 bits per heavy atom. The van der Waals surface area contributed by atoms with Gasteiger partial charge in [0.25, 0.3) is 0 Å². The zero-order valence-electron chi connectivity index (χ0n) is 11.8. The fourth-order valence-electron chi connectivity index (χ4n) is 2.13. The molecule has 0 fully saturated rings. The van der Waals surface area contributed by atoms with Gasteiger partial charge in [-0.15, -0.1) is 0 Å². The second-order valence-electron chi connectivity index (χ2n) is 4.86. The third-order valence-electron chi connectivity index (χ3n) is 3.10. The van der Waals surface area contributed by atoms with Crippen molar-refractivity contribution in [1.29, 1.82) is 0 Å². The highest BCUT2D eigenvalue weighted by Gasteiger charge is 2.11. The van der Waals surface area contributed by atoms with Crippen LogP contribution < -0.4 is 10.6 Å². The number of benzene rings is 1. The van der Waals surface area contributed by atoms with Crippen molar-refractivity contribution in [3.63, 3.8) is 0 Å². The van der Waals surface area contributed by atoms with E-state index >= 15 is 0 Å². The third-order valence-corrected chi connectivity index (χ3v) is 3.10. The Morgan fingerprint density at radius 2 is 2.06 bits per heavy atom. The van der Waals surface area contributed by atoms with E-state index in [-0.39, 0.29) is 11.9 Å². The Morgan fingerprint density at radius 3 is 2.67 bits per heavy atom. The summed E-state index contributed by atoms with van der Waals surface area (Å²) >= 11 is 0. The normalized spacial score (nSPS) is 12.2. The zero-order chi connectivity index (χ0) is 13.5. The summed E-state index contributed by atoms with van der Waals surface area (Å²) in [5.74, 6) is 0.123. The molecule has 1 amide bonds. The first kappa shape index (κ1) is 14.7. The molecule has 3 nitrogen and oxygen atoms in total. The topological polar surface area (TPSA) is 41.1 Å². The van der Waals surface area contributed by atoms with Crippen LogP contribution in [0.25, 0.3) is 0 Å². The highest BCUT2D eigenvalue weighted by Crippen LogP contribution is 2.18. The molecule has 2 N–H and O–H groups in total. The zero-order valence-corrected chi connectivity index (χ0v) is 11.8. The summed E-state index contributed by atoms with van der Waals surface area (Å²) in [5.41, 5.74) is 3.68.